The summed E-state index contributed by atoms with van der Waals surface area (Å²) in [5.74, 6) is -0.0915. The number of hydrogen-bond donors (Lipinski definition) is 2. The van der Waals surface area contributed by atoms with Crippen LogP contribution in [0.5, 0.6) is 0 Å². The van der Waals surface area contributed by atoms with E-state index in [0.29, 0.717) is 23.7 Å². The third kappa shape index (κ3) is 3.78. The molecule has 0 aliphatic rings. The number of carbonyl (C=O) groups excluding carboxylic acids is 1. The molecule has 0 atom stereocenters. The number of nitrogens with zero attached hydrogens (tertiary/aromatic N) is 2. The number of rotatable bonds is 6. The van der Waals surface area contributed by atoms with Crippen LogP contribution in [-0.2, 0) is 19.9 Å². The van der Waals surface area contributed by atoms with Crippen LogP contribution in [0.2, 0.25) is 5.02 Å². The number of carbonyl (C=O) groups is 1. The van der Waals surface area contributed by atoms with Gasteiger partial charge >= 0.3 is 0 Å². The first kappa shape index (κ1) is 19.3. The molecule has 0 spiro atoms. The van der Waals surface area contributed by atoms with Gasteiger partial charge in [0.2, 0.25) is 0 Å². The van der Waals surface area contributed by atoms with Gasteiger partial charge in [-0.25, -0.2) is 4.98 Å². The van der Waals surface area contributed by atoms with Gasteiger partial charge in [-0.3, -0.25) is 4.79 Å². The number of hydrogen-bond acceptors (Lipinski definition) is 2. The number of benzene rings is 2. The highest BCUT2D eigenvalue weighted by molar-refractivity contribution is 6.30. The molecule has 0 fully saturated rings. The number of amides is 1. The van der Waals surface area contributed by atoms with E-state index in [-0.39, 0.29) is 5.91 Å². The van der Waals surface area contributed by atoms with Gasteiger partial charge in [0, 0.05) is 53.4 Å². The molecule has 2 aromatic heterocycles. The molecule has 4 aromatic rings. The lowest BCUT2D eigenvalue weighted by atomic mass is 9.99. The van der Waals surface area contributed by atoms with E-state index < -0.39 is 0 Å². The van der Waals surface area contributed by atoms with Crippen LogP contribution in [0.25, 0.3) is 22.0 Å². The van der Waals surface area contributed by atoms with Gasteiger partial charge in [0.1, 0.15) is 5.69 Å². The van der Waals surface area contributed by atoms with Crippen LogP contribution in [0, 0.1) is 0 Å². The molecule has 1 amide bonds. The van der Waals surface area contributed by atoms with Crippen LogP contribution in [0.3, 0.4) is 0 Å². The maximum atomic E-state index is 13.2. The standard InChI is InChI=1S/C23H23ClN4O/c1-3-15-4-9-20-19(12-15)21(16-5-7-17(24)8-6-16)22(28(20)2)23(29)26-11-10-18-13-25-14-27-18/h4-9,12-14H,3,10-11H2,1-2H3,(H,25,27)(H,26,29). The summed E-state index contributed by atoms with van der Waals surface area (Å²) in [6, 6.07) is 14.1. The molecule has 6 heteroatoms. The Morgan fingerprint density at radius 3 is 2.69 bits per heavy atom. The zero-order valence-electron chi connectivity index (χ0n) is 16.5. The van der Waals surface area contributed by atoms with E-state index in [1.54, 1.807) is 12.5 Å². The molecule has 0 saturated heterocycles. The lowest BCUT2D eigenvalue weighted by Crippen LogP contribution is -2.28. The molecule has 2 heterocycles. The molecule has 0 aliphatic carbocycles. The Morgan fingerprint density at radius 2 is 2.00 bits per heavy atom. The predicted molar refractivity (Wildman–Crippen MR) is 117 cm³/mol. The van der Waals surface area contributed by atoms with E-state index in [2.05, 4.69) is 40.4 Å². The first-order chi connectivity index (χ1) is 14.1. The third-order valence-electron chi connectivity index (χ3n) is 5.25. The summed E-state index contributed by atoms with van der Waals surface area (Å²) in [4.78, 5) is 20.3. The molecule has 29 heavy (non-hydrogen) atoms. The maximum absolute atomic E-state index is 13.2. The summed E-state index contributed by atoms with van der Waals surface area (Å²) in [6.07, 6.45) is 5.06. The van der Waals surface area contributed by atoms with Crippen molar-refractivity contribution < 1.29 is 4.79 Å². The Kier molecular flexibility index (Phi) is 5.41. The number of halogens is 1. The van der Waals surface area contributed by atoms with Gasteiger partial charge in [0.25, 0.3) is 5.91 Å². The van der Waals surface area contributed by atoms with Crippen molar-refractivity contribution in [2.45, 2.75) is 19.8 Å². The molecule has 0 bridgehead atoms. The highest BCUT2D eigenvalue weighted by Gasteiger charge is 2.22. The zero-order chi connectivity index (χ0) is 20.4. The number of aromatic nitrogens is 3. The Bertz CT molecular complexity index is 1140. The quantitative estimate of drug-likeness (QED) is 0.485. The van der Waals surface area contributed by atoms with Crippen molar-refractivity contribution in [3.63, 3.8) is 0 Å². The van der Waals surface area contributed by atoms with Crippen molar-refractivity contribution in [2.24, 2.45) is 7.05 Å². The average molecular weight is 407 g/mol. The van der Waals surface area contributed by atoms with Crippen molar-refractivity contribution in [1.82, 2.24) is 19.9 Å². The fraction of sp³-hybridized carbons (Fsp3) is 0.217. The summed E-state index contributed by atoms with van der Waals surface area (Å²) in [7, 11) is 1.94. The Morgan fingerprint density at radius 1 is 1.21 bits per heavy atom. The Balaban J connectivity index is 1.76. The van der Waals surface area contributed by atoms with Gasteiger partial charge in [0.15, 0.2) is 0 Å². The van der Waals surface area contributed by atoms with E-state index >= 15 is 0 Å². The van der Waals surface area contributed by atoms with Crippen LogP contribution in [0.1, 0.15) is 28.7 Å². The normalized spacial score (nSPS) is 11.1. The minimum Gasteiger partial charge on any atom is -0.350 e. The van der Waals surface area contributed by atoms with Crippen molar-refractivity contribution in [2.75, 3.05) is 6.54 Å². The van der Waals surface area contributed by atoms with Crippen LogP contribution in [0.4, 0.5) is 0 Å². The van der Waals surface area contributed by atoms with E-state index in [0.717, 1.165) is 34.1 Å². The van der Waals surface area contributed by atoms with Gasteiger partial charge in [-0.1, -0.05) is 36.7 Å². The van der Waals surface area contributed by atoms with Gasteiger partial charge in [-0.05, 0) is 41.8 Å². The van der Waals surface area contributed by atoms with E-state index in [4.69, 9.17) is 11.6 Å². The smallest absolute Gasteiger partial charge is 0.268 e. The zero-order valence-corrected chi connectivity index (χ0v) is 17.3. The van der Waals surface area contributed by atoms with Crippen LogP contribution in [-0.4, -0.2) is 27.0 Å². The summed E-state index contributed by atoms with van der Waals surface area (Å²) in [5, 5.41) is 4.81. The molecule has 0 radical (unpaired) electrons. The fourth-order valence-electron chi connectivity index (χ4n) is 3.70. The average Bonchev–Trinajstić information content (AvgIpc) is 3.34. The molecule has 0 unspecified atom stereocenters. The first-order valence-electron chi connectivity index (χ1n) is 9.71. The SMILES string of the molecule is CCc1ccc2c(c1)c(-c1ccc(Cl)cc1)c(C(=O)NCCc1cnc[nH]1)n2C. The van der Waals surface area contributed by atoms with Crippen molar-refractivity contribution in [3.05, 3.63) is 77.0 Å². The highest BCUT2D eigenvalue weighted by Crippen LogP contribution is 2.35. The number of nitrogens with one attached hydrogen (secondary N) is 2. The fourth-order valence-corrected chi connectivity index (χ4v) is 3.83. The van der Waals surface area contributed by atoms with Crippen molar-refractivity contribution >= 4 is 28.4 Å². The monoisotopic (exact) mass is 406 g/mol. The molecule has 2 aromatic carbocycles. The second kappa shape index (κ2) is 8.13. The maximum Gasteiger partial charge on any atom is 0.268 e. The molecule has 4 rings (SSSR count). The number of aryl methyl sites for hydroxylation is 2. The predicted octanol–water partition coefficient (Wildman–Crippen LogP) is 4.76. The topological polar surface area (TPSA) is 62.7 Å². The van der Waals surface area contributed by atoms with Crippen LogP contribution < -0.4 is 5.32 Å². The summed E-state index contributed by atoms with van der Waals surface area (Å²) in [5.41, 5.74) is 5.84. The van der Waals surface area contributed by atoms with Gasteiger partial charge in [-0.15, -0.1) is 0 Å². The number of H-pyrrole nitrogens is 1. The number of fused-ring (bicyclic) bond motifs is 1. The van der Waals surface area contributed by atoms with Crippen molar-refractivity contribution in [1.29, 1.82) is 0 Å². The Hall–Kier alpha value is -3.05. The number of imidazole rings is 1. The van der Waals surface area contributed by atoms with Crippen molar-refractivity contribution in [3.8, 4) is 11.1 Å². The molecule has 5 nitrogen and oxygen atoms in total. The van der Waals surface area contributed by atoms with Crippen LogP contribution >= 0.6 is 11.6 Å². The second-order valence-electron chi connectivity index (χ2n) is 7.08. The largest absolute Gasteiger partial charge is 0.350 e. The summed E-state index contributed by atoms with van der Waals surface area (Å²) in [6.45, 7) is 2.66. The minimum atomic E-state index is -0.0915. The molecular formula is C23H23ClN4O. The molecule has 148 valence electrons. The van der Waals surface area contributed by atoms with Crippen LogP contribution in [0.15, 0.2) is 55.0 Å². The Labute approximate surface area is 174 Å². The van der Waals surface area contributed by atoms with E-state index in [1.165, 1.54) is 5.56 Å². The van der Waals surface area contributed by atoms with E-state index in [9.17, 15) is 4.79 Å². The highest BCUT2D eigenvalue weighted by atomic mass is 35.5. The third-order valence-corrected chi connectivity index (χ3v) is 5.51. The van der Waals surface area contributed by atoms with E-state index in [1.807, 2.05) is 35.9 Å². The first-order valence-corrected chi connectivity index (χ1v) is 10.1. The van der Waals surface area contributed by atoms with Gasteiger partial charge in [0.05, 0.1) is 6.33 Å². The lowest BCUT2D eigenvalue weighted by molar-refractivity contribution is 0.0947. The lowest BCUT2D eigenvalue weighted by Gasteiger charge is -2.09. The van der Waals surface area contributed by atoms with Gasteiger partial charge < -0.3 is 14.9 Å². The number of aromatic amines is 1. The molecular weight excluding hydrogens is 384 g/mol. The summed E-state index contributed by atoms with van der Waals surface area (Å²) < 4.78 is 1.98. The molecule has 0 saturated carbocycles. The second-order valence-corrected chi connectivity index (χ2v) is 7.51. The summed E-state index contributed by atoms with van der Waals surface area (Å²) >= 11 is 6.10. The molecule has 2 N–H and O–H groups in total. The molecule has 0 aliphatic heterocycles. The van der Waals surface area contributed by atoms with Gasteiger partial charge in [-0.2, -0.15) is 0 Å². The minimum absolute atomic E-state index is 0.0915.